The van der Waals surface area contributed by atoms with Crippen LogP contribution in [0, 0.1) is 11.3 Å². The molecule has 1 saturated heterocycles. The third kappa shape index (κ3) is 2.25. The van der Waals surface area contributed by atoms with Gasteiger partial charge in [-0.3, -0.25) is 4.79 Å². The van der Waals surface area contributed by atoms with Crippen molar-refractivity contribution >= 4 is 17.5 Å². The van der Waals surface area contributed by atoms with Gasteiger partial charge < -0.3 is 4.90 Å². The number of carbonyl (C=O) groups is 1. The van der Waals surface area contributed by atoms with Gasteiger partial charge in [-0.15, -0.1) is 0 Å². The number of amides is 1. The first-order valence-electron chi connectivity index (χ1n) is 7.02. The average Bonchev–Trinajstić information content (AvgIpc) is 2.36. The van der Waals surface area contributed by atoms with Crippen LogP contribution in [0.15, 0.2) is 18.3 Å². The van der Waals surface area contributed by atoms with Crippen LogP contribution in [0.1, 0.15) is 43.0 Å². The number of pyridine rings is 1. The van der Waals surface area contributed by atoms with E-state index in [0.717, 1.165) is 25.4 Å². The van der Waals surface area contributed by atoms with Crippen molar-refractivity contribution in [1.82, 2.24) is 9.88 Å². The maximum atomic E-state index is 12.5. The molecule has 1 saturated carbocycles. The molecule has 2 fully saturated rings. The van der Waals surface area contributed by atoms with E-state index < -0.39 is 0 Å². The fourth-order valence-electron chi connectivity index (χ4n) is 3.44. The molecule has 0 radical (unpaired) electrons. The molecule has 0 aromatic carbocycles. The molecule has 0 unspecified atom stereocenters. The van der Waals surface area contributed by atoms with Crippen molar-refractivity contribution in [3.63, 3.8) is 0 Å². The van der Waals surface area contributed by atoms with Gasteiger partial charge in [-0.25, -0.2) is 4.98 Å². The second kappa shape index (κ2) is 4.78. The van der Waals surface area contributed by atoms with E-state index in [1.54, 1.807) is 18.3 Å². The van der Waals surface area contributed by atoms with Gasteiger partial charge >= 0.3 is 0 Å². The molecule has 2 heterocycles. The van der Waals surface area contributed by atoms with Crippen LogP contribution in [0.3, 0.4) is 0 Å². The Hall–Kier alpha value is -1.09. The van der Waals surface area contributed by atoms with Gasteiger partial charge in [0, 0.05) is 24.8 Å². The molecule has 1 aromatic rings. The summed E-state index contributed by atoms with van der Waals surface area (Å²) in [6, 6.07) is 3.41. The molecular weight excluding hydrogens is 260 g/mol. The highest BCUT2D eigenvalue weighted by atomic mass is 35.5. The number of aromatic nitrogens is 1. The van der Waals surface area contributed by atoms with Gasteiger partial charge in [0.1, 0.15) is 5.15 Å². The van der Waals surface area contributed by atoms with Crippen molar-refractivity contribution in [2.24, 2.45) is 11.3 Å². The second-order valence-corrected chi connectivity index (χ2v) is 6.39. The van der Waals surface area contributed by atoms with Crippen LogP contribution in [-0.2, 0) is 0 Å². The number of nitrogens with zero attached hydrogens (tertiary/aromatic N) is 2. The van der Waals surface area contributed by atoms with Gasteiger partial charge in [-0.2, -0.15) is 0 Å². The molecule has 19 heavy (non-hydrogen) atoms. The monoisotopic (exact) mass is 278 g/mol. The SMILES string of the molecule is C[C@H]1CCN(C(=O)c2ccnc(Cl)c2)CC12CCC2. The van der Waals surface area contributed by atoms with Gasteiger partial charge in [0.25, 0.3) is 5.91 Å². The number of hydrogen-bond acceptors (Lipinski definition) is 2. The molecule has 1 aromatic heterocycles. The second-order valence-electron chi connectivity index (χ2n) is 6.00. The maximum Gasteiger partial charge on any atom is 0.254 e. The van der Waals surface area contributed by atoms with E-state index in [2.05, 4.69) is 11.9 Å². The topological polar surface area (TPSA) is 33.2 Å². The molecule has 0 N–H and O–H groups in total. The van der Waals surface area contributed by atoms with E-state index in [4.69, 9.17) is 11.6 Å². The van der Waals surface area contributed by atoms with Gasteiger partial charge in [0.15, 0.2) is 0 Å². The van der Waals surface area contributed by atoms with E-state index in [0.29, 0.717) is 16.1 Å². The number of hydrogen-bond donors (Lipinski definition) is 0. The van der Waals surface area contributed by atoms with Crippen molar-refractivity contribution in [3.8, 4) is 0 Å². The first-order valence-corrected chi connectivity index (χ1v) is 7.39. The summed E-state index contributed by atoms with van der Waals surface area (Å²) in [5.41, 5.74) is 1.05. The normalized spacial score (nSPS) is 25.2. The molecule has 3 nitrogen and oxygen atoms in total. The summed E-state index contributed by atoms with van der Waals surface area (Å²) in [7, 11) is 0. The van der Waals surface area contributed by atoms with Crippen LogP contribution in [0.4, 0.5) is 0 Å². The van der Waals surface area contributed by atoms with Crippen LogP contribution < -0.4 is 0 Å². The lowest BCUT2D eigenvalue weighted by Crippen LogP contribution is -2.53. The summed E-state index contributed by atoms with van der Waals surface area (Å²) >= 11 is 5.86. The summed E-state index contributed by atoms with van der Waals surface area (Å²) in [5.74, 6) is 0.841. The molecule has 3 rings (SSSR count). The molecule has 4 heteroatoms. The van der Waals surface area contributed by atoms with Gasteiger partial charge in [-0.05, 0) is 42.7 Å². The smallest absolute Gasteiger partial charge is 0.254 e. The Morgan fingerprint density at radius 2 is 2.32 bits per heavy atom. The van der Waals surface area contributed by atoms with Crippen molar-refractivity contribution in [1.29, 1.82) is 0 Å². The third-order valence-electron chi connectivity index (χ3n) is 4.99. The van der Waals surface area contributed by atoms with Crippen molar-refractivity contribution < 1.29 is 4.79 Å². The standard InChI is InChI=1S/C15H19ClN2O/c1-11-4-8-18(10-15(11)5-2-6-15)14(19)12-3-7-17-13(16)9-12/h3,7,9,11H,2,4-6,8,10H2,1H3/t11-/m0/s1. The Morgan fingerprint density at radius 1 is 1.53 bits per heavy atom. The molecule has 0 bridgehead atoms. The molecule has 1 amide bonds. The van der Waals surface area contributed by atoms with E-state index in [-0.39, 0.29) is 5.91 Å². The van der Waals surface area contributed by atoms with Crippen molar-refractivity contribution in [3.05, 3.63) is 29.0 Å². The molecule has 1 aliphatic carbocycles. The zero-order valence-electron chi connectivity index (χ0n) is 11.2. The first kappa shape index (κ1) is 12.9. The lowest BCUT2D eigenvalue weighted by atomic mass is 9.59. The number of piperidine rings is 1. The Kier molecular flexibility index (Phi) is 3.25. The van der Waals surface area contributed by atoms with Gasteiger partial charge in [0.05, 0.1) is 0 Å². The van der Waals surface area contributed by atoms with Gasteiger partial charge in [0.2, 0.25) is 0 Å². The minimum absolute atomic E-state index is 0.0995. The highest BCUT2D eigenvalue weighted by molar-refractivity contribution is 6.29. The summed E-state index contributed by atoms with van der Waals surface area (Å²) in [4.78, 5) is 18.5. The van der Waals surface area contributed by atoms with Crippen molar-refractivity contribution in [2.75, 3.05) is 13.1 Å². The van der Waals surface area contributed by atoms with Crippen LogP contribution in [0.25, 0.3) is 0 Å². The van der Waals surface area contributed by atoms with E-state index in [1.165, 1.54) is 19.3 Å². The Labute approximate surface area is 119 Å². The minimum atomic E-state index is 0.0995. The predicted molar refractivity (Wildman–Crippen MR) is 75.2 cm³/mol. The fourth-order valence-corrected chi connectivity index (χ4v) is 3.62. The molecule has 102 valence electrons. The number of likely N-dealkylation sites (tertiary alicyclic amines) is 1. The Balaban J connectivity index is 1.77. The summed E-state index contributed by atoms with van der Waals surface area (Å²) < 4.78 is 0. The number of halogens is 1. The molecule has 1 aliphatic heterocycles. The number of carbonyl (C=O) groups excluding carboxylic acids is 1. The zero-order valence-corrected chi connectivity index (χ0v) is 12.0. The predicted octanol–water partition coefficient (Wildman–Crippen LogP) is 3.39. The Morgan fingerprint density at radius 3 is 2.95 bits per heavy atom. The van der Waals surface area contributed by atoms with E-state index in [9.17, 15) is 4.79 Å². The largest absolute Gasteiger partial charge is 0.338 e. The van der Waals surface area contributed by atoms with Crippen LogP contribution >= 0.6 is 11.6 Å². The molecular formula is C15H19ClN2O. The van der Waals surface area contributed by atoms with Crippen LogP contribution in [-0.4, -0.2) is 28.9 Å². The lowest BCUT2D eigenvalue weighted by molar-refractivity contribution is -0.0208. The molecule has 1 spiro atoms. The summed E-state index contributed by atoms with van der Waals surface area (Å²) in [6.45, 7) is 4.11. The van der Waals surface area contributed by atoms with Crippen LogP contribution in [0.5, 0.6) is 0 Å². The lowest BCUT2D eigenvalue weighted by Gasteiger charge is -2.53. The quantitative estimate of drug-likeness (QED) is 0.738. The third-order valence-corrected chi connectivity index (χ3v) is 5.20. The molecule has 1 atom stereocenters. The summed E-state index contributed by atoms with van der Waals surface area (Å²) in [5, 5.41) is 0.384. The van der Waals surface area contributed by atoms with E-state index in [1.807, 2.05) is 4.90 Å². The van der Waals surface area contributed by atoms with E-state index >= 15 is 0 Å². The van der Waals surface area contributed by atoms with Crippen molar-refractivity contribution in [2.45, 2.75) is 32.6 Å². The van der Waals surface area contributed by atoms with Crippen LogP contribution in [0.2, 0.25) is 5.15 Å². The Bertz CT molecular complexity index is 499. The highest BCUT2D eigenvalue weighted by Gasteiger charge is 2.46. The maximum absolute atomic E-state index is 12.5. The number of rotatable bonds is 1. The van der Waals surface area contributed by atoms with Gasteiger partial charge in [-0.1, -0.05) is 24.9 Å². The fraction of sp³-hybridized carbons (Fsp3) is 0.600. The minimum Gasteiger partial charge on any atom is -0.338 e. The summed E-state index contributed by atoms with van der Waals surface area (Å²) in [6.07, 6.45) is 6.57. The first-order chi connectivity index (χ1) is 9.11. The zero-order chi connectivity index (χ0) is 13.5. The molecule has 2 aliphatic rings. The highest BCUT2D eigenvalue weighted by Crippen LogP contribution is 2.51. The average molecular weight is 279 g/mol.